The number of rotatable bonds is 6. The van der Waals surface area contributed by atoms with Gasteiger partial charge in [-0.2, -0.15) is 0 Å². The summed E-state index contributed by atoms with van der Waals surface area (Å²) in [5.41, 5.74) is -0.0275. The maximum Gasteiger partial charge on any atom is 0.311 e. The SMILES string of the molecule is O=[N+]([O-])c1cccnc1NCCNc1ccccn1. The Morgan fingerprint density at radius 2 is 1.84 bits per heavy atom. The summed E-state index contributed by atoms with van der Waals surface area (Å²) < 4.78 is 0. The first-order valence-corrected chi connectivity index (χ1v) is 5.75. The van der Waals surface area contributed by atoms with E-state index in [0.29, 0.717) is 13.1 Å². The second-order valence-electron chi connectivity index (χ2n) is 3.70. The van der Waals surface area contributed by atoms with Crippen LogP contribution in [0.4, 0.5) is 17.3 Å². The number of pyridine rings is 2. The van der Waals surface area contributed by atoms with Crippen LogP contribution in [-0.2, 0) is 0 Å². The van der Waals surface area contributed by atoms with E-state index in [-0.39, 0.29) is 11.5 Å². The summed E-state index contributed by atoms with van der Waals surface area (Å²) in [5, 5.41) is 16.8. The van der Waals surface area contributed by atoms with E-state index in [4.69, 9.17) is 0 Å². The van der Waals surface area contributed by atoms with Gasteiger partial charge in [-0.1, -0.05) is 6.07 Å². The molecular weight excluding hydrogens is 246 g/mol. The zero-order chi connectivity index (χ0) is 13.5. The summed E-state index contributed by atoms with van der Waals surface area (Å²) in [6.07, 6.45) is 3.21. The lowest BCUT2D eigenvalue weighted by Gasteiger charge is -2.07. The van der Waals surface area contributed by atoms with Crippen LogP contribution >= 0.6 is 0 Å². The van der Waals surface area contributed by atoms with Gasteiger partial charge in [0.1, 0.15) is 5.82 Å². The summed E-state index contributed by atoms with van der Waals surface area (Å²) in [6, 6.07) is 8.52. The molecule has 0 saturated heterocycles. The Kier molecular flexibility index (Phi) is 4.22. The lowest BCUT2D eigenvalue weighted by atomic mass is 10.4. The number of nitrogens with one attached hydrogen (secondary N) is 2. The number of nitrogens with zero attached hydrogens (tertiary/aromatic N) is 3. The van der Waals surface area contributed by atoms with Crippen molar-refractivity contribution in [2.45, 2.75) is 0 Å². The highest BCUT2D eigenvalue weighted by molar-refractivity contribution is 5.55. The van der Waals surface area contributed by atoms with Gasteiger partial charge in [-0.3, -0.25) is 10.1 Å². The Morgan fingerprint density at radius 3 is 2.58 bits per heavy atom. The Balaban J connectivity index is 1.85. The molecule has 0 amide bonds. The molecule has 0 aliphatic heterocycles. The van der Waals surface area contributed by atoms with Gasteiger partial charge in [-0.15, -0.1) is 0 Å². The Labute approximate surface area is 109 Å². The highest BCUT2D eigenvalue weighted by Gasteiger charge is 2.12. The monoisotopic (exact) mass is 259 g/mol. The Bertz CT molecular complexity index is 547. The Morgan fingerprint density at radius 1 is 1.05 bits per heavy atom. The van der Waals surface area contributed by atoms with Crippen LogP contribution in [0, 0.1) is 10.1 Å². The molecule has 98 valence electrons. The van der Waals surface area contributed by atoms with Gasteiger partial charge in [0.05, 0.1) is 4.92 Å². The van der Waals surface area contributed by atoms with E-state index in [9.17, 15) is 10.1 Å². The van der Waals surface area contributed by atoms with Crippen LogP contribution in [0.2, 0.25) is 0 Å². The molecule has 7 heteroatoms. The second-order valence-corrected chi connectivity index (χ2v) is 3.70. The molecule has 2 rings (SSSR count). The molecule has 0 aliphatic rings. The fourth-order valence-corrected chi connectivity index (χ4v) is 1.52. The number of nitro groups is 1. The van der Waals surface area contributed by atoms with Crippen LogP contribution in [0.15, 0.2) is 42.7 Å². The van der Waals surface area contributed by atoms with Crippen molar-refractivity contribution in [3.05, 3.63) is 52.8 Å². The average molecular weight is 259 g/mol. The minimum Gasteiger partial charge on any atom is -0.368 e. The summed E-state index contributed by atoms with van der Waals surface area (Å²) in [4.78, 5) is 18.4. The first kappa shape index (κ1) is 12.7. The van der Waals surface area contributed by atoms with Crippen molar-refractivity contribution in [1.82, 2.24) is 9.97 Å². The molecule has 19 heavy (non-hydrogen) atoms. The molecule has 2 aromatic heterocycles. The average Bonchev–Trinajstić information content (AvgIpc) is 2.45. The van der Waals surface area contributed by atoms with Gasteiger partial charge in [0.15, 0.2) is 0 Å². The molecule has 0 atom stereocenters. The molecule has 0 aromatic carbocycles. The molecule has 2 heterocycles. The molecule has 7 nitrogen and oxygen atoms in total. The van der Waals surface area contributed by atoms with Gasteiger partial charge in [0.2, 0.25) is 5.82 Å². The second kappa shape index (κ2) is 6.29. The standard InChI is InChI=1S/C12H13N5O2/c18-17(19)10-4-3-7-15-12(10)16-9-8-14-11-5-1-2-6-13-11/h1-7H,8-9H2,(H,13,14)(H,15,16). The van der Waals surface area contributed by atoms with E-state index < -0.39 is 4.92 Å². The fourth-order valence-electron chi connectivity index (χ4n) is 1.52. The molecular formula is C12H13N5O2. The molecule has 0 spiro atoms. The van der Waals surface area contributed by atoms with E-state index in [1.54, 1.807) is 6.20 Å². The number of hydrogen-bond acceptors (Lipinski definition) is 6. The highest BCUT2D eigenvalue weighted by atomic mass is 16.6. The lowest BCUT2D eigenvalue weighted by Crippen LogP contribution is -2.15. The van der Waals surface area contributed by atoms with E-state index in [0.717, 1.165) is 5.82 Å². The molecule has 0 saturated carbocycles. The summed E-state index contributed by atoms with van der Waals surface area (Å²) >= 11 is 0. The van der Waals surface area contributed by atoms with Crippen molar-refractivity contribution < 1.29 is 4.92 Å². The first-order chi connectivity index (χ1) is 9.27. The van der Waals surface area contributed by atoms with Crippen molar-refractivity contribution in [2.75, 3.05) is 23.7 Å². The maximum absolute atomic E-state index is 10.8. The molecule has 2 aromatic rings. The first-order valence-electron chi connectivity index (χ1n) is 5.75. The van der Waals surface area contributed by atoms with Crippen molar-refractivity contribution in [2.24, 2.45) is 0 Å². The molecule has 0 aliphatic carbocycles. The third kappa shape index (κ3) is 3.63. The van der Waals surface area contributed by atoms with Crippen LogP contribution in [0.25, 0.3) is 0 Å². The third-order valence-corrected chi connectivity index (χ3v) is 2.37. The van der Waals surface area contributed by atoms with Crippen LogP contribution in [-0.4, -0.2) is 28.0 Å². The molecule has 0 radical (unpaired) electrons. The minimum atomic E-state index is -0.457. The molecule has 2 N–H and O–H groups in total. The van der Waals surface area contributed by atoms with Crippen molar-refractivity contribution in [3.8, 4) is 0 Å². The van der Waals surface area contributed by atoms with Crippen LogP contribution in [0.5, 0.6) is 0 Å². The molecule has 0 unspecified atom stereocenters. The fraction of sp³-hybridized carbons (Fsp3) is 0.167. The van der Waals surface area contributed by atoms with Gasteiger partial charge in [0.25, 0.3) is 0 Å². The van der Waals surface area contributed by atoms with Crippen LogP contribution in [0.3, 0.4) is 0 Å². The quantitative estimate of drug-likeness (QED) is 0.467. The zero-order valence-corrected chi connectivity index (χ0v) is 10.1. The maximum atomic E-state index is 10.8. The topological polar surface area (TPSA) is 93.0 Å². The minimum absolute atomic E-state index is 0.0275. The van der Waals surface area contributed by atoms with E-state index >= 15 is 0 Å². The summed E-state index contributed by atoms with van der Waals surface area (Å²) in [5.74, 6) is 1.04. The predicted octanol–water partition coefficient (Wildman–Crippen LogP) is 1.91. The van der Waals surface area contributed by atoms with E-state index in [2.05, 4.69) is 20.6 Å². The normalized spacial score (nSPS) is 9.89. The van der Waals surface area contributed by atoms with Gasteiger partial charge in [0, 0.05) is 31.5 Å². The highest BCUT2D eigenvalue weighted by Crippen LogP contribution is 2.19. The summed E-state index contributed by atoms with van der Waals surface area (Å²) in [7, 11) is 0. The van der Waals surface area contributed by atoms with E-state index in [1.807, 2.05) is 18.2 Å². The van der Waals surface area contributed by atoms with Crippen molar-refractivity contribution in [1.29, 1.82) is 0 Å². The lowest BCUT2D eigenvalue weighted by molar-refractivity contribution is -0.384. The largest absolute Gasteiger partial charge is 0.368 e. The van der Waals surface area contributed by atoms with Gasteiger partial charge in [-0.25, -0.2) is 9.97 Å². The van der Waals surface area contributed by atoms with Gasteiger partial charge in [-0.05, 0) is 18.2 Å². The number of hydrogen-bond donors (Lipinski definition) is 2. The predicted molar refractivity (Wildman–Crippen MR) is 72.1 cm³/mol. The van der Waals surface area contributed by atoms with Gasteiger partial charge < -0.3 is 10.6 Å². The van der Waals surface area contributed by atoms with Crippen LogP contribution in [0.1, 0.15) is 0 Å². The number of aromatic nitrogens is 2. The number of anilines is 2. The smallest absolute Gasteiger partial charge is 0.311 e. The van der Waals surface area contributed by atoms with Crippen LogP contribution < -0.4 is 10.6 Å². The van der Waals surface area contributed by atoms with E-state index in [1.165, 1.54) is 18.3 Å². The zero-order valence-electron chi connectivity index (χ0n) is 10.1. The van der Waals surface area contributed by atoms with Crippen molar-refractivity contribution in [3.63, 3.8) is 0 Å². The van der Waals surface area contributed by atoms with Crippen molar-refractivity contribution >= 4 is 17.3 Å². The molecule has 0 fully saturated rings. The third-order valence-electron chi connectivity index (χ3n) is 2.37. The van der Waals surface area contributed by atoms with Gasteiger partial charge >= 0.3 is 5.69 Å². The summed E-state index contributed by atoms with van der Waals surface area (Å²) in [6.45, 7) is 1.10. The Hall–Kier alpha value is -2.70. The molecule has 0 bridgehead atoms.